The number of carbonyl (C=O) groups is 1. The van der Waals surface area contributed by atoms with Crippen LogP contribution < -0.4 is 9.46 Å². The van der Waals surface area contributed by atoms with Gasteiger partial charge < -0.3 is 9.64 Å². The molecule has 40 heavy (non-hydrogen) atoms. The predicted octanol–water partition coefficient (Wildman–Crippen LogP) is 4.41. The highest BCUT2D eigenvalue weighted by Gasteiger charge is 2.33. The van der Waals surface area contributed by atoms with Gasteiger partial charge in [-0.2, -0.15) is 4.98 Å². The van der Waals surface area contributed by atoms with Crippen LogP contribution in [0.15, 0.2) is 53.4 Å². The Kier molecular flexibility index (Phi) is 7.22. The van der Waals surface area contributed by atoms with E-state index in [2.05, 4.69) is 19.6 Å². The summed E-state index contributed by atoms with van der Waals surface area (Å²) in [5, 5.41) is 0. The molecule has 1 atom stereocenters. The van der Waals surface area contributed by atoms with Gasteiger partial charge in [-0.05, 0) is 56.0 Å². The lowest BCUT2D eigenvalue weighted by Crippen LogP contribution is -2.43. The number of aryl methyl sites for hydroxylation is 2. The number of nitrogens with one attached hydrogen (secondary N) is 1. The fraction of sp³-hybridized carbons (Fsp3) is 0.433. The molecule has 2 fully saturated rings. The summed E-state index contributed by atoms with van der Waals surface area (Å²) in [6, 6.07) is 14.4. The zero-order chi connectivity index (χ0) is 27.9. The molecule has 2 aliphatic heterocycles. The number of carbonyl (C=O) groups excluding carboxylic acids is 1. The maximum atomic E-state index is 13.7. The SMILES string of the molecule is Cc1cccc(C)c1-c1cc2nc(n1)NS(=O)(=O)c1cccc(c1)C(=O)N1CCN(C3CCCCC3)C[C@H](C1)O2. The van der Waals surface area contributed by atoms with Crippen LogP contribution in [0, 0.1) is 13.8 Å². The van der Waals surface area contributed by atoms with E-state index in [0.717, 1.165) is 36.1 Å². The van der Waals surface area contributed by atoms with Crippen LogP contribution in [0.3, 0.4) is 0 Å². The minimum Gasteiger partial charge on any atom is -0.471 e. The van der Waals surface area contributed by atoms with E-state index in [1.54, 1.807) is 23.1 Å². The highest BCUT2D eigenvalue weighted by atomic mass is 32.2. The average molecular weight is 562 g/mol. The summed E-state index contributed by atoms with van der Waals surface area (Å²) in [6.45, 7) is 6.34. The molecule has 6 bridgehead atoms. The van der Waals surface area contributed by atoms with E-state index in [9.17, 15) is 13.2 Å². The zero-order valence-corrected chi connectivity index (χ0v) is 23.8. The third-order valence-electron chi connectivity index (χ3n) is 8.24. The Morgan fingerprint density at radius 3 is 2.45 bits per heavy atom. The monoisotopic (exact) mass is 561 g/mol. The quantitative estimate of drug-likeness (QED) is 0.494. The second-order valence-electron chi connectivity index (χ2n) is 11.1. The van der Waals surface area contributed by atoms with E-state index in [4.69, 9.17) is 4.74 Å². The Hall–Kier alpha value is -3.50. The van der Waals surface area contributed by atoms with Crippen LogP contribution in [-0.4, -0.2) is 72.4 Å². The molecule has 1 N–H and O–H groups in total. The molecule has 0 unspecified atom stereocenters. The van der Waals surface area contributed by atoms with Gasteiger partial charge in [-0.1, -0.05) is 43.5 Å². The van der Waals surface area contributed by atoms with Crippen molar-refractivity contribution in [1.29, 1.82) is 0 Å². The number of benzene rings is 2. The Bertz CT molecular complexity index is 1520. The molecule has 9 nitrogen and oxygen atoms in total. The van der Waals surface area contributed by atoms with Gasteiger partial charge >= 0.3 is 0 Å². The molecule has 3 aliphatic rings. The number of rotatable bonds is 2. The van der Waals surface area contributed by atoms with E-state index in [1.165, 1.54) is 31.4 Å². The minimum absolute atomic E-state index is 0.0173. The fourth-order valence-electron chi connectivity index (χ4n) is 6.24. The molecule has 210 valence electrons. The number of fused-ring (bicyclic) bond motifs is 6. The first-order valence-corrected chi connectivity index (χ1v) is 15.5. The standard InChI is InChI=1S/C30H35N5O4S/c1-20-8-6-9-21(2)28(20)26-17-27-32-30(31-26)33-40(37,38)25-13-7-10-22(16-25)29(36)35-15-14-34(18-24(19-35)39-27)23-11-4-3-5-12-23/h6-10,13,16-17,23-24H,3-5,11-12,14-15,18-19H2,1-2H3,(H,31,32,33)/t24-/m1/s1. The predicted molar refractivity (Wildman–Crippen MR) is 153 cm³/mol. The molecule has 3 aromatic rings. The summed E-state index contributed by atoms with van der Waals surface area (Å²) in [5.74, 6) is 0.00403. The highest BCUT2D eigenvalue weighted by Crippen LogP contribution is 2.31. The molecule has 1 aliphatic carbocycles. The molecular formula is C30H35N5O4S. The second-order valence-corrected chi connectivity index (χ2v) is 12.8. The first kappa shape index (κ1) is 26.7. The van der Waals surface area contributed by atoms with Gasteiger partial charge in [0, 0.05) is 42.9 Å². The maximum absolute atomic E-state index is 13.7. The van der Waals surface area contributed by atoms with Crippen molar-refractivity contribution in [3.8, 4) is 17.1 Å². The maximum Gasteiger partial charge on any atom is 0.264 e. The zero-order valence-electron chi connectivity index (χ0n) is 23.0. The fourth-order valence-corrected chi connectivity index (χ4v) is 7.23. The van der Waals surface area contributed by atoms with E-state index in [1.807, 2.05) is 32.0 Å². The summed E-state index contributed by atoms with van der Waals surface area (Å²) in [4.78, 5) is 27.0. The molecule has 0 spiro atoms. The lowest BCUT2D eigenvalue weighted by Gasteiger charge is -2.34. The summed E-state index contributed by atoms with van der Waals surface area (Å²) in [6.07, 6.45) is 5.67. The van der Waals surface area contributed by atoms with Crippen molar-refractivity contribution in [2.24, 2.45) is 0 Å². The van der Waals surface area contributed by atoms with Gasteiger partial charge in [0.2, 0.25) is 11.8 Å². The normalized spacial score (nSPS) is 21.7. The summed E-state index contributed by atoms with van der Waals surface area (Å²) < 4.78 is 35.9. The van der Waals surface area contributed by atoms with Crippen LogP contribution in [0.2, 0.25) is 0 Å². The number of ether oxygens (including phenoxy) is 1. The Labute approximate surface area is 235 Å². The molecule has 6 rings (SSSR count). The van der Waals surface area contributed by atoms with Gasteiger partial charge in [0.05, 0.1) is 17.1 Å². The van der Waals surface area contributed by atoms with E-state index >= 15 is 0 Å². The first-order chi connectivity index (χ1) is 19.3. The molecule has 2 aromatic carbocycles. The third kappa shape index (κ3) is 5.42. The van der Waals surface area contributed by atoms with Crippen LogP contribution in [0.5, 0.6) is 5.88 Å². The summed E-state index contributed by atoms with van der Waals surface area (Å²) in [5.41, 5.74) is 3.84. The summed E-state index contributed by atoms with van der Waals surface area (Å²) in [7, 11) is -4.06. The molecule has 0 radical (unpaired) electrons. The number of sulfonamides is 1. The van der Waals surface area contributed by atoms with Crippen molar-refractivity contribution < 1.29 is 17.9 Å². The van der Waals surface area contributed by atoms with E-state index < -0.39 is 10.0 Å². The number of nitrogens with zero attached hydrogens (tertiary/aromatic N) is 4. The average Bonchev–Trinajstić information content (AvgIpc) is 3.15. The first-order valence-electron chi connectivity index (χ1n) is 14.1. The van der Waals surface area contributed by atoms with Crippen LogP contribution in [0.25, 0.3) is 11.3 Å². The number of hydrogen-bond acceptors (Lipinski definition) is 7. The van der Waals surface area contributed by atoms with Crippen molar-refractivity contribution >= 4 is 21.9 Å². The van der Waals surface area contributed by atoms with Crippen molar-refractivity contribution in [3.63, 3.8) is 0 Å². The number of amides is 1. The van der Waals surface area contributed by atoms with Crippen LogP contribution in [0.1, 0.15) is 53.6 Å². The van der Waals surface area contributed by atoms with Gasteiger partial charge in [0.25, 0.3) is 15.9 Å². The Morgan fingerprint density at radius 1 is 0.925 bits per heavy atom. The molecule has 1 aromatic heterocycles. The Morgan fingerprint density at radius 2 is 1.68 bits per heavy atom. The third-order valence-corrected chi connectivity index (χ3v) is 9.57. The molecule has 1 saturated heterocycles. The van der Waals surface area contributed by atoms with Crippen LogP contribution in [0.4, 0.5) is 5.95 Å². The number of hydrogen-bond donors (Lipinski definition) is 1. The van der Waals surface area contributed by atoms with Crippen molar-refractivity contribution in [2.75, 3.05) is 30.9 Å². The lowest BCUT2D eigenvalue weighted by atomic mass is 9.94. The van der Waals surface area contributed by atoms with Crippen LogP contribution in [-0.2, 0) is 10.0 Å². The van der Waals surface area contributed by atoms with Crippen molar-refractivity contribution in [2.45, 2.75) is 63.0 Å². The topological polar surface area (TPSA) is 105 Å². The summed E-state index contributed by atoms with van der Waals surface area (Å²) >= 11 is 0. The molecule has 1 saturated carbocycles. The van der Waals surface area contributed by atoms with Gasteiger partial charge in [0.15, 0.2) is 0 Å². The van der Waals surface area contributed by atoms with Gasteiger partial charge in [0.1, 0.15) is 6.10 Å². The van der Waals surface area contributed by atoms with Crippen molar-refractivity contribution in [3.05, 3.63) is 65.2 Å². The van der Waals surface area contributed by atoms with E-state index in [-0.39, 0.29) is 28.7 Å². The molecule has 1 amide bonds. The number of anilines is 1. The molecular weight excluding hydrogens is 526 g/mol. The highest BCUT2D eigenvalue weighted by molar-refractivity contribution is 7.92. The van der Waals surface area contributed by atoms with E-state index in [0.29, 0.717) is 36.9 Å². The second kappa shape index (κ2) is 10.8. The Balaban J connectivity index is 1.47. The smallest absolute Gasteiger partial charge is 0.264 e. The number of aromatic nitrogens is 2. The van der Waals surface area contributed by atoms with Gasteiger partial charge in [-0.25, -0.2) is 18.1 Å². The van der Waals surface area contributed by atoms with Crippen LogP contribution >= 0.6 is 0 Å². The lowest BCUT2D eigenvalue weighted by molar-refractivity contribution is 0.0684. The van der Waals surface area contributed by atoms with Crippen molar-refractivity contribution in [1.82, 2.24) is 19.8 Å². The largest absolute Gasteiger partial charge is 0.471 e. The van der Waals surface area contributed by atoms with Gasteiger partial charge in [-0.15, -0.1) is 0 Å². The van der Waals surface area contributed by atoms with Gasteiger partial charge in [-0.3, -0.25) is 9.69 Å². The minimum atomic E-state index is -4.06. The molecule has 3 heterocycles. The molecule has 10 heteroatoms.